The monoisotopic (exact) mass is 432 g/mol. The van der Waals surface area contributed by atoms with Crippen LogP contribution in [0.1, 0.15) is 74.7 Å². The van der Waals surface area contributed by atoms with Crippen molar-refractivity contribution in [2.75, 3.05) is 6.61 Å². The topological polar surface area (TPSA) is 52.6 Å². The first kappa shape index (κ1) is 27.6. The molecule has 0 aromatic rings. The molecule has 172 valence electrons. The van der Waals surface area contributed by atoms with E-state index in [0.29, 0.717) is 6.42 Å². The van der Waals surface area contributed by atoms with E-state index in [-0.39, 0.29) is 5.41 Å². The highest BCUT2D eigenvalue weighted by atomic mass is 19.4. The van der Waals surface area contributed by atoms with Gasteiger partial charge in [-0.15, -0.1) is 0 Å². The first-order chi connectivity index (χ1) is 12.7. The molecule has 0 saturated carbocycles. The molecule has 9 heteroatoms. The van der Waals surface area contributed by atoms with Crippen LogP contribution in [-0.2, 0) is 19.1 Å². The maximum Gasteiger partial charge on any atom is 0.422 e. The van der Waals surface area contributed by atoms with Crippen molar-refractivity contribution in [2.24, 2.45) is 16.2 Å². The van der Waals surface area contributed by atoms with Gasteiger partial charge in [-0.25, -0.2) is 4.79 Å². The predicted octanol–water partition coefficient (Wildman–Crippen LogP) is 5.93. The molecule has 0 aliphatic carbocycles. The van der Waals surface area contributed by atoms with Gasteiger partial charge in [0.15, 0.2) is 12.7 Å². The van der Waals surface area contributed by atoms with Crippen LogP contribution < -0.4 is 0 Å². The van der Waals surface area contributed by atoms with Crippen LogP contribution in [0.15, 0.2) is 0 Å². The maximum atomic E-state index is 14.4. The number of rotatable bonds is 9. The minimum Gasteiger partial charge on any atom is -0.455 e. The number of hydrogen-bond donors (Lipinski definition) is 0. The summed E-state index contributed by atoms with van der Waals surface area (Å²) in [7, 11) is 0. The third kappa shape index (κ3) is 7.41. The molecular weight excluding hydrogens is 399 g/mol. The van der Waals surface area contributed by atoms with Crippen LogP contribution in [0.2, 0.25) is 0 Å². The van der Waals surface area contributed by atoms with Crippen LogP contribution in [0.5, 0.6) is 0 Å². The Labute approximate surface area is 169 Å². The first-order valence-corrected chi connectivity index (χ1v) is 9.56. The number of esters is 2. The molecule has 29 heavy (non-hydrogen) atoms. The van der Waals surface area contributed by atoms with E-state index in [4.69, 9.17) is 4.74 Å². The molecule has 0 aliphatic rings. The Morgan fingerprint density at radius 3 is 1.69 bits per heavy atom. The summed E-state index contributed by atoms with van der Waals surface area (Å²) in [6, 6.07) is 0. The van der Waals surface area contributed by atoms with Gasteiger partial charge in [-0.1, -0.05) is 54.9 Å². The molecule has 0 N–H and O–H groups in total. The van der Waals surface area contributed by atoms with Crippen molar-refractivity contribution in [1.29, 1.82) is 0 Å². The van der Waals surface area contributed by atoms with Gasteiger partial charge in [-0.3, -0.25) is 4.79 Å². The van der Waals surface area contributed by atoms with Gasteiger partial charge in [0.25, 0.3) is 0 Å². The van der Waals surface area contributed by atoms with Crippen LogP contribution in [0.3, 0.4) is 0 Å². The average molecular weight is 432 g/mol. The number of halogens is 5. The summed E-state index contributed by atoms with van der Waals surface area (Å²) in [5, 5.41) is 0. The Morgan fingerprint density at radius 2 is 1.34 bits per heavy atom. The van der Waals surface area contributed by atoms with Crippen molar-refractivity contribution >= 4 is 11.9 Å². The third-order valence-electron chi connectivity index (χ3n) is 5.56. The minimum atomic E-state index is -4.94. The van der Waals surface area contributed by atoms with Crippen LogP contribution in [-0.4, -0.2) is 36.7 Å². The van der Waals surface area contributed by atoms with Crippen molar-refractivity contribution in [2.45, 2.75) is 92.9 Å². The van der Waals surface area contributed by atoms with Crippen molar-refractivity contribution in [1.82, 2.24) is 0 Å². The molecular formula is C20H33F5O4. The zero-order valence-corrected chi connectivity index (χ0v) is 18.4. The van der Waals surface area contributed by atoms with Crippen LogP contribution in [0.25, 0.3) is 0 Å². The first-order valence-electron chi connectivity index (χ1n) is 9.56. The second-order valence-electron chi connectivity index (χ2n) is 9.39. The summed E-state index contributed by atoms with van der Waals surface area (Å²) in [6.07, 6.45) is -6.59. The largest absolute Gasteiger partial charge is 0.455 e. The average Bonchev–Trinajstić information content (AvgIpc) is 2.54. The highest BCUT2D eigenvalue weighted by Gasteiger charge is 2.55. The van der Waals surface area contributed by atoms with Crippen molar-refractivity contribution in [3.8, 4) is 0 Å². The third-order valence-corrected chi connectivity index (χ3v) is 5.56. The molecule has 0 saturated heterocycles. The quantitative estimate of drug-likeness (QED) is 0.335. The van der Waals surface area contributed by atoms with Gasteiger partial charge in [0.2, 0.25) is 0 Å². The molecule has 4 nitrogen and oxygen atoms in total. The molecule has 0 rings (SSSR count). The second-order valence-corrected chi connectivity index (χ2v) is 9.39. The van der Waals surface area contributed by atoms with E-state index in [1.165, 1.54) is 6.92 Å². The minimum absolute atomic E-state index is 0.295. The van der Waals surface area contributed by atoms with E-state index < -0.39 is 54.0 Å². The van der Waals surface area contributed by atoms with E-state index in [0.717, 1.165) is 6.42 Å². The highest BCUT2D eigenvalue weighted by Crippen LogP contribution is 2.49. The summed E-state index contributed by atoms with van der Waals surface area (Å²) in [5.74, 6) is -7.71. The molecule has 0 aromatic carbocycles. The van der Waals surface area contributed by atoms with Crippen molar-refractivity contribution in [3.63, 3.8) is 0 Å². The molecule has 2 unspecified atom stereocenters. The van der Waals surface area contributed by atoms with Gasteiger partial charge in [0, 0.05) is 0 Å². The lowest BCUT2D eigenvalue weighted by molar-refractivity contribution is -0.221. The fraction of sp³-hybridized carbons (Fsp3) is 0.900. The Bertz CT molecular complexity index is 578. The van der Waals surface area contributed by atoms with Gasteiger partial charge < -0.3 is 9.47 Å². The number of ether oxygens (including phenoxy) is 2. The predicted molar refractivity (Wildman–Crippen MR) is 98.4 cm³/mol. The van der Waals surface area contributed by atoms with Crippen molar-refractivity contribution < 1.29 is 41.0 Å². The number of carbonyl (C=O) groups is 2. The van der Waals surface area contributed by atoms with E-state index in [2.05, 4.69) is 4.74 Å². The van der Waals surface area contributed by atoms with Crippen LogP contribution in [0.4, 0.5) is 22.0 Å². The van der Waals surface area contributed by atoms with Gasteiger partial charge in [-0.2, -0.15) is 22.0 Å². The maximum absolute atomic E-state index is 14.4. The number of hydrogen-bond acceptors (Lipinski definition) is 4. The van der Waals surface area contributed by atoms with Crippen LogP contribution >= 0.6 is 0 Å². The lowest BCUT2D eigenvalue weighted by Crippen LogP contribution is -2.50. The molecule has 0 aliphatic heterocycles. The highest BCUT2D eigenvalue weighted by molar-refractivity contribution is 5.81. The summed E-state index contributed by atoms with van der Waals surface area (Å²) in [5.41, 5.74) is -2.14. The molecule has 0 radical (unpaired) electrons. The lowest BCUT2D eigenvalue weighted by Gasteiger charge is -2.45. The molecule has 0 amide bonds. The van der Waals surface area contributed by atoms with Crippen LogP contribution in [0, 0.1) is 16.2 Å². The summed E-state index contributed by atoms with van der Waals surface area (Å²) in [4.78, 5) is 24.5. The van der Waals surface area contributed by atoms with Gasteiger partial charge in [0.1, 0.15) is 0 Å². The Balaban J connectivity index is 5.67. The summed E-state index contributed by atoms with van der Waals surface area (Å²) >= 11 is 0. The zero-order valence-electron chi connectivity index (χ0n) is 18.4. The smallest absolute Gasteiger partial charge is 0.422 e. The van der Waals surface area contributed by atoms with Gasteiger partial charge in [0.05, 0.1) is 5.41 Å². The van der Waals surface area contributed by atoms with Gasteiger partial charge >= 0.3 is 24.0 Å². The molecule has 0 bridgehead atoms. The fourth-order valence-corrected chi connectivity index (χ4v) is 2.77. The van der Waals surface area contributed by atoms with E-state index in [1.807, 2.05) is 20.8 Å². The SMILES string of the molecule is CCC(OC(=O)C(C)(CC(C)(C)CC)C(C)(C)C)C(F)(F)C(=O)OCC(F)(F)F. The summed E-state index contributed by atoms with van der Waals surface area (Å²) in [6.45, 7) is 11.8. The number of alkyl halides is 5. The fourth-order valence-electron chi connectivity index (χ4n) is 2.77. The van der Waals surface area contributed by atoms with E-state index in [9.17, 15) is 31.5 Å². The standard InChI is InChI=1S/C20H33F5O4/c1-9-13(20(24,25)15(27)28-12-19(21,22)23)29-14(26)18(8,16(3,4)5)11-17(6,7)10-2/h13H,9-12H2,1-8H3. The van der Waals surface area contributed by atoms with E-state index in [1.54, 1.807) is 27.7 Å². The Hall–Kier alpha value is -1.41. The normalized spacial score (nSPS) is 16.7. The molecule has 0 heterocycles. The Kier molecular flexibility index (Phi) is 8.72. The molecule has 0 spiro atoms. The summed E-state index contributed by atoms with van der Waals surface area (Å²) < 4.78 is 74.0. The molecule has 2 atom stereocenters. The van der Waals surface area contributed by atoms with Crippen molar-refractivity contribution in [3.05, 3.63) is 0 Å². The lowest BCUT2D eigenvalue weighted by atomic mass is 9.60. The Morgan fingerprint density at radius 1 is 0.862 bits per heavy atom. The molecule has 0 fully saturated rings. The number of carbonyl (C=O) groups excluding carboxylic acids is 2. The zero-order chi connectivity index (χ0) is 23.5. The molecule has 0 aromatic heterocycles. The van der Waals surface area contributed by atoms with Gasteiger partial charge in [-0.05, 0) is 30.6 Å². The van der Waals surface area contributed by atoms with E-state index >= 15 is 0 Å². The second kappa shape index (κ2) is 9.16.